The zero-order valence-corrected chi connectivity index (χ0v) is 23.7. The standard InChI is InChI=1S/C30H25ClN2O6S/c1-16(2)38-29(36)25-17(3)32-30-33(26(25)18-9-11-19(31)12-10-18)27(34)24(40-30)15-20-13-14-23(39-20)21-7-5-6-8-22(21)28(35)37-4/h5-16,26H,1-4H3/b24-15+/t26-/m0/s1. The molecule has 204 valence electrons. The molecule has 0 aliphatic carbocycles. The molecule has 0 amide bonds. The van der Waals surface area contributed by atoms with Gasteiger partial charge in [0, 0.05) is 16.7 Å². The molecule has 0 N–H and O–H groups in total. The van der Waals surface area contributed by atoms with Gasteiger partial charge in [0.15, 0.2) is 4.80 Å². The summed E-state index contributed by atoms with van der Waals surface area (Å²) in [5, 5.41) is 0.533. The van der Waals surface area contributed by atoms with Gasteiger partial charge in [0.2, 0.25) is 0 Å². The van der Waals surface area contributed by atoms with E-state index in [-0.39, 0.29) is 17.2 Å². The van der Waals surface area contributed by atoms with Crippen molar-refractivity contribution in [3.63, 3.8) is 0 Å². The van der Waals surface area contributed by atoms with E-state index in [9.17, 15) is 14.4 Å². The Morgan fingerprint density at radius 3 is 2.50 bits per heavy atom. The van der Waals surface area contributed by atoms with Crippen LogP contribution in [-0.4, -0.2) is 29.7 Å². The van der Waals surface area contributed by atoms with E-state index in [4.69, 9.17) is 25.5 Å². The van der Waals surface area contributed by atoms with Crippen LogP contribution >= 0.6 is 22.9 Å². The number of halogens is 1. The van der Waals surface area contributed by atoms with Crippen LogP contribution in [0.4, 0.5) is 0 Å². The number of carbonyl (C=O) groups is 2. The van der Waals surface area contributed by atoms with Crippen molar-refractivity contribution in [1.29, 1.82) is 0 Å². The molecule has 0 bridgehead atoms. The molecule has 40 heavy (non-hydrogen) atoms. The second kappa shape index (κ2) is 11.1. The lowest BCUT2D eigenvalue weighted by atomic mass is 9.96. The summed E-state index contributed by atoms with van der Waals surface area (Å²) in [6.07, 6.45) is 1.28. The van der Waals surface area contributed by atoms with Crippen molar-refractivity contribution in [2.45, 2.75) is 32.9 Å². The van der Waals surface area contributed by atoms with Gasteiger partial charge < -0.3 is 13.9 Å². The number of carbonyl (C=O) groups excluding carboxylic acids is 2. The molecule has 2 aromatic heterocycles. The summed E-state index contributed by atoms with van der Waals surface area (Å²) in [4.78, 5) is 44.3. The summed E-state index contributed by atoms with van der Waals surface area (Å²) < 4.78 is 18.3. The maximum absolute atomic E-state index is 13.8. The van der Waals surface area contributed by atoms with Crippen LogP contribution in [0, 0.1) is 0 Å². The highest BCUT2D eigenvalue weighted by atomic mass is 35.5. The fraction of sp³-hybridized carbons (Fsp3) is 0.200. The summed E-state index contributed by atoms with van der Waals surface area (Å²) in [7, 11) is 1.32. The Morgan fingerprint density at radius 2 is 1.80 bits per heavy atom. The third-order valence-electron chi connectivity index (χ3n) is 6.27. The van der Waals surface area contributed by atoms with Gasteiger partial charge in [-0.25, -0.2) is 14.6 Å². The van der Waals surface area contributed by atoms with Gasteiger partial charge in [-0.05, 0) is 56.7 Å². The van der Waals surface area contributed by atoms with Crippen LogP contribution in [0.5, 0.6) is 0 Å². The average Bonchev–Trinajstić information content (AvgIpc) is 3.51. The lowest BCUT2D eigenvalue weighted by Gasteiger charge is -2.25. The Balaban J connectivity index is 1.62. The molecule has 0 spiro atoms. The minimum atomic E-state index is -0.749. The monoisotopic (exact) mass is 576 g/mol. The number of furan rings is 1. The summed E-state index contributed by atoms with van der Waals surface area (Å²) in [5.74, 6) is -0.150. The number of esters is 2. The topological polar surface area (TPSA) is 100 Å². The highest BCUT2D eigenvalue weighted by Crippen LogP contribution is 2.32. The number of methoxy groups -OCH3 is 1. The predicted molar refractivity (Wildman–Crippen MR) is 152 cm³/mol. The third kappa shape index (κ3) is 5.17. The summed E-state index contributed by atoms with van der Waals surface area (Å²) >= 11 is 7.31. The molecule has 1 aliphatic rings. The van der Waals surface area contributed by atoms with Gasteiger partial charge in [-0.2, -0.15) is 0 Å². The number of nitrogens with zero attached hydrogens (tertiary/aromatic N) is 2. The minimum Gasteiger partial charge on any atom is -0.465 e. The number of benzene rings is 2. The van der Waals surface area contributed by atoms with Gasteiger partial charge in [0.05, 0.1) is 40.6 Å². The quantitative estimate of drug-likeness (QED) is 0.303. The van der Waals surface area contributed by atoms with Crippen LogP contribution in [0.15, 0.2) is 86.1 Å². The Morgan fingerprint density at radius 1 is 1.07 bits per heavy atom. The average molecular weight is 577 g/mol. The number of thiazole rings is 1. The molecule has 1 aliphatic heterocycles. The maximum Gasteiger partial charge on any atom is 0.338 e. The van der Waals surface area contributed by atoms with Gasteiger partial charge in [0.1, 0.15) is 11.5 Å². The lowest BCUT2D eigenvalue weighted by Crippen LogP contribution is -2.40. The Bertz CT molecular complexity index is 1830. The Hall–Kier alpha value is -4.21. The van der Waals surface area contributed by atoms with Crippen LogP contribution < -0.4 is 14.9 Å². The van der Waals surface area contributed by atoms with Crippen LogP contribution in [0.2, 0.25) is 5.02 Å². The predicted octanol–water partition coefficient (Wildman–Crippen LogP) is 4.89. The Kier molecular flexibility index (Phi) is 7.60. The third-order valence-corrected chi connectivity index (χ3v) is 7.50. The van der Waals surface area contributed by atoms with Crippen molar-refractivity contribution in [2.24, 2.45) is 4.99 Å². The fourth-order valence-corrected chi connectivity index (χ4v) is 5.66. The second-order valence-electron chi connectivity index (χ2n) is 9.33. The molecule has 2 aromatic carbocycles. The second-order valence-corrected chi connectivity index (χ2v) is 10.8. The minimum absolute atomic E-state index is 0.287. The van der Waals surface area contributed by atoms with Gasteiger partial charge >= 0.3 is 11.9 Å². The molecule has 0 fully saturated rings. The van der Waals surface area contributed by atoms with Crippen molar-refractivity contribution in [3.8, 4) is 11.3 Å². The molecular formula is C30H25ClN2O6S. The number of allylic oxidation sites excluding steroid dienone is 1. The highest BCUT2D eigenvalue weighted by molar-refractivity contribution is 7.07. The first kappa shape index (κ1) is 27.4. The number of hydrogen-bond acceptors (Lipinski definition) is 8. The van der Waals surface area contributed by atoms with Crippen LogP contribution in [0.25, 0.3) is 17.4 Å². The van der Waals surface area contributed by atoms with Gasteiger partial charge in [-0.1, -0.05) is 53.3 Å². The largest absolute Gasteiger partial charge is 0.465 e. The molecule has 1 atom stereocenters. The fourth-order valence-electron chi connectivity index (χ4n) is 4.51. The zero-order valence-electron chi connectivity index (χ0n) is 22.1. The molecule has 4 aromatic rings. The molecule has 3 heterocycles. The normalized spacial score (nSPS) is 15.2. The molecule has 8 nitrogen and oxygen atoms in total. The van der Waals surface area contributed by atoms with Gasteiger partial charge in [-0.15, -0.1) is 0 Å². The van der Waals surface area contributed by atoms with Crippen molar-refractivity contribution >= 4 is 41.0 Å². The molecular weight excluding hydrogens is 552 g/mol. The van der Waals surface area contributed by atoms with Crippen molar-refractivity contribution in [2.75, 3.05) is 7.11 Å². The van der Waals surface area contributed by atoms with E-state index in [1.165, 1.54) is 23.0 Å². The van der Waals surface area contributed by atoms with Gasteiger partial charge in [-0.3, -0.25) is 9.36 Å². The summed E-state index contributed by atoms with van der Waals surface area (Å²) in [5.41, 5.74) is 2.06. The number of aromatic nitrogens is 1. The SMILES string of the molecule is COC(=O)c1ccccc1-c1ccc(/C=c2/sc3n(c2=O)[C@@H](c2ccc(Cl)cc2)C(C(=O)OC(C)C)=C(C)N=3)o1. The van der Waals surface area contributed by atoms with E-state index in [0.717, 1.165) is 0 Å². The van der Waals surface area contributed by atoms with Crippen molar-refractivity contribution in [3.05, 3.63) is 114 Å². The number of ether oxygens (including phenoxy) is 2. The number of fused-ring (bicyclic) bond motifs is 1. The van der Waals surface area contributed by atoms with Crippen molar-refractivity contribution in [1.82, 2.24) is 4.57 Å². The van der Waals surface area contributed by atoms with E-state index < -0.39 is 18.0 Å². The van der Waals surface area contributed by atoms with Crippen molar-refractivity contribution < 1.29 is 23.5 Å². The molecule has 0 unspecified atom stereocenters. The summed E-state index contributed by atoms with van der Waals surface area (Å²) in [6.45, 7) is 5.26. The molecule has 0 saturated carbocycles. The first-order chi connectivity index (χ1) is 19.2. The van der Waals surface area contributed by atoms with E-state index in [1.807, 2.05) is 0 Å². The zero-order chi connectivity index (χ0) is 28.6. The molecule has 0 radical (unpaired) electrons. The molecule has 5 rings (SSSR count). The Labute approximate surface area is 238 Å². The van der Waals surface area contributed by atoms with E-state index >= 15 is 0 Å². The highest BCUT2D eigenvalue weighted by Gasteiger charge is 2.33. The molecule has 0 saturated heterocycles. The molecule has 10 heteroatoms. The van der Waals surface area contributed by atoms with Crippen LogP contribution in [0.1, 0.15) is 48.5 Å². The number of hydrogen-bond donors (Lipinski definition) is 0. The van der Waals surface area contributed by atoms with Crippen LogP contribution in [0.3, 0.4) is 0 Å². The van der Waals surface area contributed by atoms with E-state index in [0.29, 0.717) is 48.3 Å². The van der Waals surface area contributed by atoms with Gasteiger partial charge in [0.25, 0.3) is 5.56 Å². The van der Waals surface area contributed by atoms with E-state index in [1.54, 1.807) is 87.5 Å². The smallest absolute Gasteiger partial charge is 0.338 e. The lowest BCUT2D eigenvalue weighted by molar-refractivity contribution is -0.143. The maximum atomic E-state index is 13.8. The number of rotatable bonds is 6. The first-order valence-corrected chi connectivity index (χ1v) is 13.6. The first-order valence-electron chi connectivity index (χ1n) is 12.4. The van der Waals surface area contributed by atoms with Crippen LogP contribution in [-0.2, 0) is 14.3 Å². The summed E-state index contributed by atoms with van der Waals surface area (Å²) in [6, 6.07) is 16.6. The van der Waals surface area contributed by atoms with E-state index in [2.05, 4.69) is 4.99 Å².